The van der Waals surface area contributed by atoms with Gasteiger partial charge in [0, 0.05) is 23.1 Å². The monoisotopic (exact) mass is 404 g/mol. The molecule has 0 aliphatic heterocycles. The van der Waals surface area contributed by atoms with E-state index in [0.29, 0.717) is 11.3 Å². The molecule has 0 aliphatic carbocycles. The number of thioether (sulfide) groups is 1. The fraction of sp³-hybridized carbons (Fsp3) is 0.0870. The minimum absolute atomic E-state index is 0.278. The van der Waals surface area contributed by atoms with Crippen molar-refractivity contribution in [2.45, 2.75) is 17.6 Å². The number of ether oxygens (including phenoxy) is 1. The van der Waals surface area contributed by atoms with Crippen molar-refractivity contribution in [1.29, 1.82) is 0 Å². The van der Waals surface area contributed by atoms with Crippen molar-refractivity contribution in [1.82, 2.24) is 5.43 Å². The highest BCUT2D eigenvalue weighted by molar-refractivity contribution is 7.98. The average Bonchev–Trinajstić information content (AvgIpc) is 2.74. The van der Waals surface area contributed by atoms with E-state index < -0.39 is 0 Å². The summed E-state index contributed by atoms with van der Waals surface area (Å²) in [5, 5.41) is 3.97. The topological polar surface area (TPSA) is 67.8 Å². The molecular formula is C23H20N2O3S. The Morgan fingerprint density at radius 1 is 0.966 bits per heavy atom. The molecule has 0 atom stereocenters. The number of hydrogen-bond donors (Lipinski definition) is 1. The molecule has 146 valence electrons. The number of amides is 1. The van der Waals surface area contributed by atoms with E-state index in [9.17, 15) is 9.59 Å². The second-order valence-electron chi connectivity index (χ2n) is 6.16. The van der Waals surface area contributed by atoms with Crippen LogP contribution in [0.4, 0.5) is 0 Å². The zero-order chi connectivity index (χ0) is 20.5. The maximum atomic E-state index is 12.2. The van der Waals surface area contributed by atoms with Crippen molar-refractivity contribution >= 4 is 29.9 Å². The predicted molar refractivity (Wildman–Crippen MR) is 115 cm³/mol. The van der Waals surface area contributed by atoms with Gasteiger partial charge in [0.25, 0.3) is 5.91 Å². The van der Waals surface area contributed by atoms with Crippen LogP contribution in [0.3, 0.4) is 0 Å². The van der Waals surface area contributed by atoms with Gasteiger partial charge in [-0.05, 0) is 59.7 Å². The molecular weight excluding hydrogens is 384 g/mol. The summed E-state index contributed by atoms with van der Waals surface area (Å²) in [6, 6.07) is 24.5. The lowest BCUT2D eigenvalue weighted by molar-refractivity contribution is -0.131. The minimum Gasteiger partial charge on any atom is -0.427 e. The molecule has 6 heteroatoms. The van der Waals surface area contributed by atoms with Gasteiger partial charge < -0.3 is 4.74 Å². The second-order valence-corrected chi connectivity index (χ2v) is 7.21. The van der Waals surface area contributed by atoms with Gasteiger partial charge in [-0.15, -0.1) is 11.8 Å². The van der Waals surface area contributed by atoms with Crippen molar-refractivity contribution < 1.29 is 14.3 Å². The molecule has 0 saturated heterocycles. The Kier molecular flexibility index (Phi) is 7.19. The summed E-state index contributed by atoms with van der Waals surface area (Å²) in [6.07, 6.45) is 1.53. The first kappa shape index (κ1) is 20.4. The number of nitrogens with one attached hydrogen (secondary N) is 1. The van der Waals surface area contributed by atoms with Gasteiger partial charge >= 0.3 is 5.97 Å². The Morgan fingerprint density at radius 3 is 2.31 bits per heavy atom. The van der Waals surface area contributed by atoms with Crippen LogP contribution >= 0.6 is 11.8 Å². The molecule has 1 amide bonds. The molecule has 0 saturated carbocycles. The highest BCUT2D eigenvalue weighted by atomic mass is 32.2. The van der Waals surface area contributed by atoms with E-state index in [1.165, 1.54) is 18.0 Å². The zero-order valence-corrected chi connectivity index (χ0v) is 16.7. The standard InChI is InChI=1S/C23H20N2O3S/c1-17(26)28-21-13-9-18(10-14-21)15-24-25-23(27)20-11-7-19(8-12-20)16-29-22-5-3-2-4-6-22/h2-15H,16H2,1H3,(H,25,27). The van der Waals surface area contributed by atoms with Crippen LogP contribution in [0.2, 0.25) is 0 Å². The maximum Gasteiger partial charge on any atom is 0.308 e. The lowest BCUT2D eigenvalue weighted by atomic mass is 10.1. The van der Waals surface area contributed by atoms with E-state index >= 15 is 0 Å². The van der Waals surface area contributed by atoms with Crippen molar-refractivity contribution in [2.75, 3.05) is 0 Å². The molecule has 1 N–H and O–H groups in total. The van der Waals surface area contributed by atoms with Crippen LogP contribution in [0, 0.1) is 0 Å². The number of hydrogen-bond acceptors (Lipinski definition) is 5. The first-order valence-corrected chi connectivity index (χ1v) is 9.97. The third kappa shape index (κ3) is 6.62. The SMILES string of the molecule is CC(=O)Oc1ccc(C=NNC(=O)c2ccc(CSc3ccccc3)cc2)cc1. The lowest BCUT2D eigenvalue weighted by Crippen LogP contribution is -2.17. The third-order valence-electron chi connectivity index (χ3n) is 3.89. The Hall–Kier alpha value is -3.38. The predicted octanol–water partition coefficient (Wildman–Crippen LogP) is 4.67. The highest BCUT2D eigenvalue weighted by Crippen LogP contribution is 2.22. The summed E-state index contributed by atoms with van der Waals surface area (Å²) in [6.45, 7) is 1.35. The molecule has 0 heterocycles. The summed E-state index contributed by atoms with van der Waals surface area (Å²) < 4.78 is 4.97. The van der Waals surface area contributed by atoms with Gasteiger partial charge in [0.05, 0.1) is 6.21 Å². The average molecular weight is 404 g/mol. The van der Waals surface area contributed by atoms with Gasteiger partial charge in [0.15, 0.2) is 0 Å². The van der Waals surface area contributed by atoms with E-state index in [0.717, 1.165) is 16.9 Å². The molecule has 0 bridgehead atoms. The van der Waals surface area contributed by atoms with Crippen LogP contribution in [-0.2, 0) is 10.5 Å². The van der Waals surface area contributed by atoms with Gasteiger partial charge in [-0.2, -0.15) is 5.10 Å². The zero-order valence-electron chi connectivity index (χ0n) is 15.9. The fourth-order valence-corrected chi connectivity index (χ4v) is 3.33. The Bertz CT molecular complexity index is 985. The van der Waals surface area contributed by atoms with E-state index in [4.69, 9.17) is 4.74 Å². The van der Waals surface area contributed by atoms with Crippen molar-refractivity contribution in [3.8, 4) is 5.75 Å². The van der Waals surface area contributed by atoms with Crippen LogP contribution in [0.25, 0.3) is 0 Å². The van der Waals surface area contributed by atoms with Crippen LogP contribution < -0.4 is 10.2 Å². The van der Waals surface area contributed by atoms with E-state index in [2.05, 4.69) is 22.7 Å². The molecule has 5 nitrogen and oxygen atoms in total. The first-order chi connectivity index (χ1) is 14.1. The first-order valence-electron chi connectivity index (χ1n) is 8.99. The molecule has 0 fully saturated rings. The number of nitrogens with zero attached hydrogens (tertiary/aromatic N) is 1. The maximum absolute atomic E-state index is 12.2. The largest absolute Gasteiger partial charge is 0.427 e. The molecule has 0 aliphatic rings. The lowest BCUT2D eigenvalue weighted by Gasteiger charge is -2.04. The van der Waals surface area contributed by atoms with Gasteiger partial charge in [-0.25, -0.2) is 5.43 Å². The molecule has 0 unspecified atom stereocenters. The number of benzene rings is 3. The van der Waals surface area contributed by atoms with Crippen molar-refractivity contribution in [3.63, 3.8) is 0 Å². The normalized spacial score (nSPS) is 10.7. The van der Waals surface area contributed by atoms with Crippen LogP contribution in [0.5, 0.6) is 5.75 Å². The number of carbonyl (C=O) groups is 2. The van der Waals surface area contributed by atoms with Gasteiger partial charge in [-0.1, -0.05) is 30.3 Å². The number of esters is 1. The molecule has 0 spiro atoms. The van der Waals surface area contributed by atoms with Crippen molar-refractivity contribution in [3.05, 3.63) is 95.6 Å². The molecule has 3 aromatic rings. The molecule has 3 rings (SSSR count). The second kappa shape index (κ2) is 10.2. The fourth-order valence-electron chi connectivity index (χ4n) is 2.45. The van der Waals surface area contributed by atoms with Crippen LogP contribution in [0.15, 0.2) is 88.9 Å². The minimum atomic E-state index is -0.372. The molecule has 0 radical (unpaired) electrons. The van der Waals surface area contributed by atoms with Gasteiger partial charge in [-0.3, -0.25) is 9.59 Å². The third-order valence-corrected chi connectivity index (χ3v) is 4.97. The number of hydrazone groups is 1. The van der Waals surface area contributed by atoms with Gasteiger partial charge in [0.1, 0.15) is 5.75 Å². The van der Waals surface area contributed by atoms with E-state index in [1.807, 2.05) is 30.3 Å². The summed E-state index contributed by atoms with van der Waals surface area (Å²) in [5.74, 6) is 0.653. The summed E-state index contributed by atoms with van der Waals surface area (Å²) in [5.41, 5.74) is 4.97. The summed E-state index contributed by atoms with van der Waals surface area (Å²) in [7, 11) is 0. The van der Waals surface area contributed by atoms with Crippen LogP contribution in [-0.4, -0.2) is 18.1 Å². The summed E-state index contributed by atoms with van der Waals surface area (Å²) in [4.78, 5) is 24.3. The van der Waals surface area contributed by atoms with Crippen molar-refractivity contribution in [2.24, 2.45) is 5.10 Å². The van der Waals surface area contributed by atoms with E-state index in [-0.39, 0.29) is 11.9 Å². The molecule has 29 heavy (non-hydrogen) atoms. The number of rotatable bonds is 7. The molecule has 3 aromatic carbocycles. The highest BCUT2D eigenvalue weighted by Gasteiger charge is 2.04. The van der Waals surface area contributed by atoms with Gasteiger partial charge in [0.2, 0.25) is 0 Å². The Labute approximate surface area is 173 Å². The molecule has 0 aromatic heterocycles. The van der Waals surface area contributed by atoms with E-state index in [1.54, 1.807) is 48.2 Å². The Morgan fingerprint density at radius 2 is 1.66 bits per heavy atom. The number of carbonyl (C=O) groups excluding carboxylic acids is 2. The smallest absolute Gasteiger partial charge is 0.308 e. The quantitative estimate of drug-likeness (QED) is 0.204. The Balaban J connectivity index is 1.50. The summed E-state index contributed by atoms with van der Waals surface area (Å²) >= 11 is 1.75. The van der Waals surface area contributed by atoms with Crippen LogP contribution in [0.1, 0.15) is 28.4 Å².